The number of benzene rings is 2. The van der Waals surface area contributed by atoms with Crippen LogP contribution in [0.15, 0.2) is 76.6 Å². The highest BCUT2D eigenvalue weighted by Crippen LogP contribution is 2.17. The molecule has 0 aromatic heterocycles. The molecule has 1 N–H and O–H groups in total. The van der Waals surface area contributed by atoms with Gasteiger partial charge in [0.15, 0.2) is 0 Å². The number of hydrogen-bond acceptors (Lipinski definition) is 5. The van der Waals surface area contributed by atoms with Gasteiger partial charge in [0, 0.05) is 57.0 Å². The summed E-state index contributed by atoms with van der Waals surface area (Å²) in [5, 5.41) is 12.4. The monoisotopic (exact) mass is 424 g/mol. The van der Waals surface area contributed by atoms with E-state index in [9.17, 15) is 0 Å². The predicted molar refractivity (Wildman–Crippen MR) is 130 cm³/mol. The van der Waals surface area contributed by atoms with E-state index in [0.717, 1.165) is 56.2 Å². The van der Waals surface area contributed by atoms with Gasteiger partial charge in [-0.25, -0.2) is 4.99 Å². The number of nitrogens with one attached hydrogen (secondary N) is 1. The Morgan fingerprint density at radius 2 is 1.94 bits per heavy atom. The van der Waals surface area contributed by atoms with Gasteiger partial charge >= 0.3 is 0 Å². The van der Waals surface area contributed by atoms with Crippen molar-refractivity contribution < 1.29 is 0 Å². The molecule has 0 atom stereocenters. The second-order valence-electron chi connectivity index (χ2n) is 7.99. The van der Waals surface area contributed by atoms with Gasteiger partial charge < -0.3 is 15.1 Å². The van der Waals surface area contributed by atoms with Crippen molar-refractivity contribution in [2.24, 2.45) is 9.98 Å². The van der Waals surface area contributed by atoms with E-state index in [-0.39, 0.29) is 0 Å². The molecule has 2 aliphatic rings. The molecule has 2 aromatic carbocycles. The molecule has 0 saturated carbocycles. The number of hydrogen-bond donors (Lipinski definition) is 1. The molecule has 0 amide bonds. The molecule has 2 aromatic rings. The van der Waals surface area contributed by atoms with Gasteiger partial charge in [0.2, 0.25) is 0 Å². The highest BCUT2D eigenvalue weighted by Gasteiger charge is 2.26. The van der Waals surface area contributed by atoms with Crippen LogP contribution >= 0.6 is 0 Å². The molecule has 6 nitrogen and oxygen atoms in total. The van der Waals surface area contributed by atoms with Crippen molar-refractivity contribution in [1.29, 1.82) is 5.26 Å². The highest BCUT2D eigenvalue weighted by atomic mass is 15.3. The Balaban J connectivity index is 1.30. The number of amidine groups is 1. The Kier molecular flexibility index (Phi) is 7.11. The standard InChI is InChI=1S/C26H28N6/c1-21(31-12-10-28-11-13-31)17-29-18-24-6-3-7-25(15-24)19-32-20-26(32)30-9-8-22-4-2-5-23(14-22)16-27/h2-9,14-15,17-18,28H,10-13,19-20H2,1H3/b9-8+,21-17+,29-18+,30-26+. The van der Waals surface area contributed by atoms with E-state index in [0.29, 0.717) is 5.56 Å². The maximum atomic E-state index is 8.98. The first kappa shape index (κ1) is 21.5. The first-order valence-electron chi connectivity index (χ1n) is 10.9. The second kappa shape index (κ2) is 10.6. The molecule has 162 valence electrons. The van der Waals surface area contributed by atoms with Gasteiger partial charge in [-0.1, -0.05) is 30.3 Å². The van der Waals surface area contributed by atoms with Crippen LogP contribution in [-0.4, -0.2) is 54.6 Å². The zero-order valence-electron chi connectivity index (χ0n) is 18.4. The largest absolute Gasteiger partial charge is 0.371 e. The van der Waals surface area contributed by atoms with Crippen LogP contribution in [0, 0.1) is 11.3 Å². The lowest BCUT2D eigenvalue weighted by Crippen LogP contribution is -2.42. The van der Waals surface area contributed by atoms with Crippen LogP contribution in [0.25, 0.3) is 6.08 Å². The molecule has 6 heteroatoms. The van der Waals surface area contributed by atoms with Crippen molar-refractivity contribution in [3.8, 4) is 6.07 Å². The van der Waals surface area contributed by atoms with Crippen molar-refractivity contribution in [3.63, 3.8) is 0 Å². The summed E-state index contributed by atoms with van der Waals surface area (Å²) in [4.78, 5) is 13.7. The van der Waals surface area contributed by atoms with E-state index in [1.165, 1.54) is 11.3 Å². The molecule has 4 rings (SSSR count). The highest BCUT2D eigenvalue weighted by molar-refractivity contribution is 5.98. The number of nitriles is 1. The minimum Gasteiger partial charge on any atom is -0.371 e. The summed E-state index contributed by atoms with van der Waals surface area (Å²) in [7, 11) is 0. The Hall–Kier alpha value is -3.69. The van der Waals surface area contributed by atoms with Crippen molar-refractivity contribution in [2.45, 2.75) is 13.5 Å². The van der Waals surface area contributed by atoms with Crippen LogP contribution in [0.3, 0.4) is 0 Å². The quantitative estimate of drug-likeness (QED) is 0.545. The fourth-order valence-corrected chi connectivity index (χ4v) is 3.65. The number of allylic oxidation sites excluding steroid dienone is 1. The molecule has 0 radical (unpaired) electrons. The average Bonchev–Trinajstić information content (AvgIpc) is 3.57. The van der Waals surface area contributed by atoms with Crippen molar-refractivity contribution in [3.05, 3.63) is 88.9 Å². The molecule has 32 heavy (non-hydrogen) atoms. The molecular weight excluding hydrogens is 396 g/mol. The van der Waals surface area contributed by atoms with Crippen LogP contribution in [0.1, 0.15) is 29.2 Å². The average molecular weight is 425 g/mol. The lowest BCUT2D eigenvalue weighted by molar-refractivity contribution is 0.299. The topological polar surface area (TPSA) is 66.8 Å². The van der Waals surface area contributed by atoms with E-state index >= 15 is 0 Å². The minimum absolute atomic E-state index is 0.658. The van der Waals surface area contributed by atoms with E-state index in [4.69, 9.17) is 5.26 Å². The van der Waals surface area contributed by atoms with Gasteiger partial charge in [0.1, 0.15) is 5.84 Å². The van der Waals surface area contributed by atoms with Gasteiger partial charge in [-0.2, -0.15) is 5.26 Å². The van der Waals surface area contributed by atoms with Gasteiger partial charge in [-0.15, -0.1) is 0 Å². The summed E-state index contributed by atoms with van der Waals surface area (Å²) in [6.07, 6.45) is 7.61. The molecule has 2 fully saturated rings. The Morgan fingerprint density at radius 3 is 2.78 bits per heavy atom. The van der Waals surface area contributed by atoms with Gasteiger partial charge in [-0.05, 0) is 47.9 Å². The van der Waals surface area contributed by atoms with E-state index < -0.39 is 0 Å². The van der Waals surface area contributed by atoms with Crippen LogP contribution in [0.5, 0.6) is 0 Å². The summed E-state index contributed by atoms with van der Waals surface area (Å²) in [6.45, 7) is 7.98. The number of nitrogens with zero attached hydrogens (tertiary/aromatic N) is 5. The fraction of sp³-hybridized carbons (Fsp3) is 0.269. The first-order chi connectivity index (χ1) is 15.7. The van der Waals surface area contributed by atoms with Crippen LogP contribution in [0.2, 0.25) is 0 Å². The Bertz CT molecular complexity index is 1100. The zero-order chi connectivity index (χ0) is 22.2. The molecule has 2 aliphatic heterocycles. The van der Waals surface area contributed by atoms with Gasteiger partial charge in [0.25, 0.3) is 0 Å². The summed E-state index contributed by atoms with van der Waals surface area (Å²) >= 11 is 0. The number of rotatable bonds is 7. The number of aliphatic imine (C=N–C) groups is 2. The second-order valence-corrected chi connectivity index (χ2v) is 7.99. The lowest BCUT2D eigenvalue weighted by Gasteiger charge is -2.29. The maximum absolute atomic E-state index is 8.98. The SMILES string of the molecule is C/C(=C\N=C\c1cccc(CN2C/C2=N\C=C\c2cccc(C#N)c2)c1)N1CCNCC1. The predicted octanol–water partition coefficient (Wildman–Crippen LogP) is 3.63. The van der Waals surface area contributed by atoms with Crippen LogP contribution < -0.4 is 5.32 Å². The third kappa shape index (κ3) is 6.16. The van der Waals surface area contributed by atoms with Gasteiger partial charge in [0.05, 0.1) is 18.2 Å². The van der Waals surface area contributed by atoms with Crippen LogP contribution in [0.4, 0.5) is 0 Å². The van der Waals surface area contributed by atoms with Crippen molar-refractivity contribution in [2.75, 3.05) is 32.7 Å². The summed E-state index contributed by atoms with van der Waals surface area (Å²) < 4.78 is 0. The smallest absolute Gasteiger partial charge is 0.124 e. The van der Waals surface area contributed by atoms with Crippen molar-refractivity contribution >= 4 is 18.1 Å². The molecule has 0 spiro atoms. The lowest BCUT2D eigenvalue weighted by atomic mass is 10.1. The van der Waals surface area contributed by atoms with E-state index in [1.54, 1.807) is 6.07 Å². The molecular formula is C26H28N6. The van der Waals surface area contributed by atoms with Gasteiger partial charge in [-0.3, -0.25) is 4.99 Å². The molecule has 2 heterocycles. The number of piperazine rings is 1. The normalized spacial score (nSPS) is 18.0. The minimum atomic E-state index is 0.658. The maximum Gasteiger partial charge on any atom is 0.124 e. The van der Waals surface area contributed by atoms with Crippen molar-refractivity contribution in [1.82, 2.24) is 15.1 Å². The molecule has 0 unspecified atom stereocenters. The summed E-state index contributed by atoms with van der Waals surface area (Å²) in [6, 6.07) is 18.1. The summed E-state index contributed by atoms with van der Waals surface area (Å²) in [5.74, 6) is 1.08. The van der Waals surface area contributed by atoms with E-state index in [2.05, 4.69) is 62.4 Å². The van der Waals surface area contributed by atoms with E-state index in [1.807, 2.05) is 42.9 Å². The Morgan fingerprint density at radius 1 is 1.12 bits per heavy atom. The molecule has 2 saturated heterocycles. The zero-order valence-corrected chi connectivity index (χ0v) is 18.4. The van der Waals surface area contributed by atoms with Crippen LogP contribution in [-0.2, 0) is 6.54 Å². The molecule has 0 aliphatic carbocycles. The third-order valence-electron chi connectivity index (χ3n) is 5.53. The summed E-state index contributed by atoms with van der Waals surface area (Å²) in [5.41, 5.74) is 5.19. The Labute approximate surface area is 189 Å². The fourth-order valence-electron chi connectivity index (χ4n) is 3.65. The molecule has 0 bridgehead atoms. The third-order valence-corrected chi connectivity index (χ3v) is 5.53. The first-order valence-corrected chi connectivity index (χ1v) is 10.9.